The summed E-state index contributed by atoms with van der Waals surface area (Å²) in [5.41, 5.74) is -0.672. The third-order valence-electron chi connectivity index (χ3n) is 1.60. The Morgan fingerprint density at radius 2 is 2.23 bits per heavy atom. The van der Waals surface area contributed by atoms with Crippen molar-refractivity contribution in [1.29, 1.82) is 0 Å². The van der Waals surface area contributed by atoms with Crippen molar-refractivity contribution in [2.75, 3.05) is 6.61 Å². The Labute approximate surface area is 78.4 Å². The summed E-state index contributed by atoms with van der Waals surface area (Å²) in [7, 11) is 0. The highest BCUT2D eigenvalue weighted by molar-refractivity contribution is 5.08. The molecule has 0 spiro atoms. The van der Waals surface area contributed by atoms with E-state index in [2.05, 4.69) is 4.98 Å². The summed E-state index contributed by atoms with van der Waals surface area (Å²) >= 11 is 0. The molecule has 72 valence electrons. The van der Waals surface area contributed by atoms with E-state index >= 15 is 0 Å². The lowest BCUT2D eigenvalue weighted by molar-refractivity contribution is 0.0547. The molecule has 0 aliphatic carbocycles. The van der Waals surface area contributed by atoms with Gasteiger partial charge in [0.25, 0.3) is 0 Å². The first-order valence-electron chi connectivity index (χ1n) is 4.34. The molecule has 0 saturated heterocycles. The molecule has 0 unspecified atom stereocenters. The third kappa shape index (κ3) is 4.48. The van der Waals surface area contributed by atoms with E-state index in [1.165, 1.54) is 0 Å². The first kappa shape index (κ1) is 9.99. The number of nitrogens with zero attached hydrogens (tertiary/aromatic N) is 1. The van der Waals surface area contributed by atoms with Gasteiger partial charge in [0.1, 0.15) is 0 Å². The average molecular weight is 181 g/mol. The SMILES string of the molecule is CC(C)(O)CCOc1ccccn1. The van der Waals surface area contributed by atoms with Crippen LogP contribution in [0.3, 0.4) is 0 Å². The zero-order valence-corrected chi connectivity index (χ0v) is 8.03. The van der Waals surface area contributed by atoms with Crippen molar-refractivity contribution in [1.82, 2.24) is 4.98 Å². The molecule has 1 aromatic heterocycles. The molecule has 3 nitrogen and oxygen atoms in total. The molecule has 1 aromatic rings. The zero-order valence-electron chi connectivity index (χ0n) is 8.03. The number of hydrogen-bond donors (Lipinski definition) is 1. The second-order valence-electron chi connectivity index (χ2n) is 3.58. The number of ether oxygens (including phenoxy) is 1. The van der Waals surface area contributed by atoms with Gasteiger partial charge < -0.3 is 9.84 Å². The van der Waals surface area contributed by atoms with Crippen molar-refractivity contribution in [3.8, 4) is 5.88 Å². The summed E-state index contributed by atoms with van der Waals surface area (Å²) in [6.07, 6.45) is 2.28. The summed E-state index contributed by atoms with van der Waals surface area (Å²) in [5.74, 6) is 0.603. The van der Waals surface area contributed by atoms with Gasteiger partial charge in [0, 0.05) is 18.7 Å². The molecule has 0 amide bonds. The van der Waals surface area contributed by atoms with E-state index < -0.39 is 5.60 Å². The molecule has 0 bridgehead atoms. The largest absolute Gasteiger partial charge is 0.478 e. The van der Waals surface area contributed by atoms with Crippen LogP contribution >= 0.6 is 0 Å². The van der Waals surface area contributed by atoms with Crippen LogP contribution in [0.1, 0.15) is 20.3 Å². The number of rotatable bonds is 4. The Morgan fingerprint density at radius 3 is 2.77 bits per heavy atom. The van der Waals surface area contributed by atoms with Crippen LogP contribution in [-0.2, 0) is 0 Å². The molecule has 0 saturated carbocycles. The number of aromatic nitrogens is 1. The number of aliphatic hydroxyl groups is 1. The zero-order chi connectivity index (χ0) is 9.73. The first-order valence-corrected chi connectivity index (χ1v) is 4.34. The lowest BCUT2D eigenvalue weighted by Crippen LogP contribution is -2.21. The maximum Gasteiger partial charge on any atom is 0.213 e. The van der Waals surface area contributed by atoms with Crippen molar-refractivity contribution >= 4 is 0 Å². The van der Waals surface area contributed by atoms with E-state index in [-0.39, 0.29) is 0 Å². The molecule has 3 heteroatoms. The molecule has 0 fully saturated rings. The number of hydrogen-bond acceptors (Lipinski definition) is 3. The standard InChI is InChI=1S/C10H15NO2/c1-10(2,12)6-8-13-9-5-3-4-7-11-9/h3-5,7,12H,6,8H2,1-2H3. The van der Waals surface area contributed by atoms with Gasteiger partial charge in [-0.25, -0.2) is 4.98 Å². The first-order chi connectivity index (χ1) is 6.08. The van der Waals surface area contributed by atoms with Gasteiger partial charge in [-0.1, -0.05) is 6.07 Å². The quantitative estimate of drug-likeness (QED) is 0.767. The Kier molecular flexibility index (Phi) is 3.25. The van der Waals surface area contributed by atoms with E-state index in [0.29, 0.717) is 18.9 Å². The van der Waals surface area contributed by atoms with Gasteiger partial charge in [-0.3, -0.25) is 0 Å². The van der Waals surface area contributed by atoms with E-state index in [1.54, 1.807) is 26.1 Å². The average Bonchev–Trinajstić information content (AvgIpc) is 2.04. The Hall–Kier alpha value is -1.09. The minimum atomic E-state index is -0.672. The minimum absolute atomic E-state index is 0.487. The lowest BCUT2D eigenvalue weighted by atomic mass is 10.1. The Morgan fingerprint density at radius 1 is 1.46 bits per heavy atom. The van der Waals surface area contributed by atoms with Gasteiger partial charge in [-0.2, -0.15) is 0 Å². The van der Waals surface area contributed by atoms with E-state index in [1.807, 2.05) is 12.1 Å². The highest BCUT2D eigenvalue weighted by Crippen LogP contribution is 2.09. The van der Waals surface area contributed by atoms with Crippen LogP contribution in [0.2, 0.25) is 0 Å². The van der Waals surface area contributed by atoms with Gasteiger partial charge in [-0.05, 0) is 19.9 Å². The topological polar surface area (TPSA) is 42.4 Å². The van der Waals surface area contributed by atoms with Crippen molar-refractivity contribution in [3.05, 3.63) is 24.4 Å². The van der Waals surface area contributed by atoms with Gasteiger partial charge in [0.2, 0.25) is 5.88 Å². The summed E-state index contributed by atoms with van der Waals surface area (Å²) in [5, 5.41) is 9.40. The molecule has 0 aliphatic rings. The van der Waals surface area contributed by atoms with E-state index in [9.17, 15) is 5.11 Å². The van der Waals surface area contributed by atoms with Gasteiger partial charge in [0.15, 0.2) is 0 Å². The van der Waals surface area contributed by atoms with Crippen LogP contribution in [0.4, 0.5) is 0 Å². The Balaban J connectivity index is 2.29. The fraction of sp³-hybridized carbons (Fsp3) is 0.500. The monoisotopic (exact) mass is 181 g/mol. The smallest absolute Gasteiger partial charge is 0.213 e. The molecule has 13 heavy (non-hydrogen) atoms. The van der Waals surface area contributed by atoms with Crippen LogP contribution in [0, 0.1) is 0 Å². The highest BCUT2D eigenvalue weighted by atomic mass is 16.5. The van der Waals surface area contributed by atoms with Crippen molar-refractivity contribution in [2.24, 2.45) is 0 Å². The number of pyridine rings is 1. The maximum atomic E-state index is 9.40. The predicted molar refractivity (Wildman–Crippen MR) is 50.6 cm³/mol. The molecule has 1 heterocycles. The molecule has 0 aromatic carbocycles. The van der Waals surface area contributed by atoms with Crippen LogP contribution < -0.4 is 4.74 Å². The van der Waals surface area contributed by atoms with Gasteiger partial charge in [0.05, 0.1) is 12.2 Å². The van der Waals surface area contributed by atoms with Crippen molar-refractivity contribution in [2.45, 2.75) is 25.9 Å². The molecule has 1 rings (SSSR count). The molecule has 0 radical (unpaired) electrons. The molecule has 0 aliphatic heterocycles. The molecule has 1 N–H and O–H groups in total. The van der Waals surface area contributed by atoms with E-state index in [4.69, 9.17) is 4.74 Å². The predicted octanol–water partition coefficient (Wildman–Crippen LogP) is 1.62. The van der Waals surface area contributed by atoms with Gasteiger partial charge >= 0.3 is 0 Å². The van der Waals surface area contributed by atoms with Crippen LogP contribution in [0.25, 0.3) is 0 Å². The Bertz CT molecular complexity index is 241. The lowest BCUT2D eigenvalue weighted by Gasteiger charge is -2.16. The van der Waals surface area contributed by atoms with Crippen LogP contribution in [0.5, 0.6) is 5.88 Å². The van der Waals surface area contributed by atoms with Crippen LogP contribution in [-0.4, -0.2) is 22.3 Å². The van der Waals surface area contributed by atoms with Gasteiger partial charge in [-0.15, -0.1) is 0 Å². The summed E-state index contributed by atoms with van der Waals surface area (Å²) in [6.45, 7) is 4.00. The minimum Gasteiger partial charge on any atom is -0.478 e. The maximum absolute atomic E-state index is 9.40. The summed E-state index contributed by atoms with van der Waals surface area (Å²) in [4.78, 5) is 3.99. The van der Waals surface area contributed by atoms with Crippen LogP contribution in [0.15, 0.2) is 24.4 Å². The normalized spacial score (nSPS) is 11.3. The molecule has 0 atom stereocenters. The molecular formula is C10H15NO2. The fourth-order valence-electron chi connectivity index (χ4n) is 0.838. The third-order valence-corrected chi connectivity index (χ3v) is 1.60. The summed E-state index contributed by atoms with van der Waals surface area (Å²) in [6, 6.07) is 5.50. The fourth-order valence-corrected chi connectivity index (χ4v) is 0.838. The summed E-state index contributed by atoms with van der Waals surface area (Å²) < 4.78 is 5.31. The van der Waals surface area contributed by atoms with Crippen molar-refractivity contribution < 1.29 is 9.84 Å². The highest BCUT2D eigenvalue weighted by Gasteiger charge is 2.11. The van der Waals surface area contributed by atoms with Crippen molar-refractivity contribution in [3.63, 3.8) is 0 Å². The second kappa shape index (κ2) is 4.23. The second-order valence-corrected chi connectivity index (χ2v) is 3.58. The molecular weight excluding hydrogens is 166 g/mol. The van der Waals surface area contributed by atoms with E-state index in [0.717, 1.165) is 0 Å².